The highest BCUT2D eigenvalue weighted by molar-refractivity contribution is 7.98. The maximum absolute atomic E-state index is 13.9. The van der Waals surface area contributed by atoms with Crippen molar-refractivity contribution in [3.63, 3.8) is 0 Å². The quantitative estimate of drug-likeness (QED) is 0.856. The monoisotopic (exact) mass is 266 g/mol. The van der Waals surface area contributed by atoms with E-state index in [9.17, 15) is 4.39 Å². The summed E-state index contributed by atoms with van der Waals surface area (Å²) in [6.45, 7) is 0. The molecule has 5 nitrogen and oxygen atoms in total. The third-order valence-electron chi connectivity index (χ3n) is 2.23. The standard InChI is InChI=1S/C11H11FN4OS/c1-17-6-3-4-7(8(12)5-6)9-14-10(13)16-11(15-9)18-2/h3-5H,1-2H3,(H2,13,14,15,16). The van der Waals surface area contributed by atoms with Gasteiger partial charge in [-0.1, -0.05) is 11.8 Å². The summed E-state index contributed by atoms with van der Waals surface area (Å²) in [6.07, 6.45) is 1.81. The summed E-state index contributed by atoms with van der Waals surface area (Å²) in [7, 11) is 1.47. The van der Waals surface area contributed by atoms with Gasteiger partial charge in [-0.3, -0.25) is 0 Å². The number of hydrogen-bond acceptors (Lipinski definition) is 6. The van der Waals surface area contributed by atoms with Crippen LogP contribution in [0.2, 0.25) is 0 Å². The molecule has 0 aliphatic heterocycles. The molecule has 1 aromatic heterocycles. The van der Waals surface area contributed by atoms with Crippen molar-refractivity contribution in [3.05, 3.63) is 24.0 Å². The number of nitrogens with zero attached hydrogens (tertiary/aromatic N) is 3. The van der Waals surface area contributed by atoms with Crippen molar-refractivity contribution < 1.29 is 9.13 Å². The Hall–Kier alpha value is -1.89. The van der Waals surface area contributed by atoms with Crippen molar-refractivity contribution in [2.75, 3.05) is 19.1 Å². The van der Waals surface area contributed by atoms with Crippen LogP contribution in [0, 0.1) is 5.82 Å². The second kappa shape index (κ2) is 5.18. The van der Waals surface area contributed by atoms with Crippen molar-refractivity contribution in [2.24, 2.45) is 0 Å². The first-order valence-corrected chi connectivity index (χ1v) is 6.26. The van der Waals surface area contributed by atoms with Gasteiger partial charge < -0.3 is 10.5 Å². The second-order valence-corrected chi connectivity index (χ2v) is 4.12. The molecule has 0 spiro atoms. The number of nitrogens with two attached hydrogens (primary N) is 1. The third-order valence-corrected chi connectivity index (χ3v) is 2.78. The van der Waals surface area contributed by atoms with Gasteiger partial charge in [-0.05, 0) is 18.4 Å². The lowest BCUT2D eigenvalue weighted by molar-refractivity contribution is 0.411. The van der Waals surface area contributed by atoms with E-state index in [1.807, 2.05) is 6.26 Å². The molecule has 0 aliphatic carbocycles. The third kappa shape index (κ3) is 2.51. The fourth-order valence-electron chi connectivity index (χ4n) is 1.39. The lowest BCUT2D eigenvalue weighted by Crippen LogP contribution is -2.02. The Morgan fingerprint density at radius 2 is 2.06 bits per heavy atom. The number of ether oxygens (including phenoxy) is 1. The van der Waals surface area contributed by atoms with Crippen LogP contribution in [0.4, 0.5) is 10.3 Å². The molecule has 0 radical (unpaired) electrons. The van der Waals surface area contributed by atoms with E-state index in [1.165, 1.54) is 24.9 Å². The Morgan fingerprint density at radius 1 is 1.28 bits per heavy atom. The highest BCUT2D eigenvalue weighted by Gasteiger charge is 2.11. The van der Waals surface area contributed by atoms with E-state index in [-0.39, 0.29) is 17.3 Å². The first-order valence-electron chi connectivity index (χ1n) is 5.03. The first kappa shape index (κ1) is 12.6. The number of hydrogen-bond donors (Lipinski definition) is 1. The van der Waals surface area contributed by atoms with Gasteiger partial charge in [0.2, 0.25) is 5.95 Å². The van der Waals surface area contributed by atoms with Crippen molar-refractivity contribution in [1.82, 2.24) is 15.0 Å². The molecule has 0 fully saturated rings. The zero-order valence-corrected chi connectivity index (χ0v) is 10.7. The Bertz CT molecular complexity index is 579. The van der Waals surface area contributed by atoms with E-state index in [2.05, 4.69) is 15.0 Å². The number of halogens is 1. The molecule has 0 saturated carbocycles. The molecule has 0 bridgehead atoms. The smallest absolute Gasteiger partial charge is 0.224 e. The molecule has 1 aromatic carbocycles. The van der Waals surface area contributed by atoms with E-state index in [4.69, 9.17) is 10.5 Å². The topological polar surface area (TPSA) is 73.9 Å². The SMILES string of the molecule is COc1ccc(-c2nc(N)nc(SC)n2)c(F)c1. The van der Waals surface area contributed by atoms with Gasteiger partial charge in [0.15, 0.2) is 11.0 Å². The average Bonchev–Trinajstić information content (AvgIpc) is 2.37. The van der Waals surface area contributed by atoms with Crippen LogP contribution in [0.5, 0.6) is 5.75 Å². The average molecular weight is 266 g/mol. The van der Waals surface area contributed by atoms with Gasteiger partial charge in [0.25, 0.3) is 0 Å². The van der Waals surface area contributed by atoms with Crippen molar-refractivity contribution in [2.45, 2.75) is 5.16 Å². The van der Waals surface area contributed by atoms with Crippen LogP contribution in [0.3, 0.4) is 0 Å². The summed E-state index contributed by atoms with van der Waals surface area (Å²) in [5, 5.41) is 0.452. The maximum atomic E-state index is 13.9. The molecule has 2 aromatic rings. The van der Waals surface area contributed by atoms with Crippen LogP contribution in [-0.2, 0) is 0 Å². The van der Waals surface area contributed by atoms with Gasteiger partial charge in [0, 0.05) is 6.07 Å². The number of rotatable bonds is 3. The summed E-state index contributed by atoms with van der Waals surface area (Å²) in [6, 6.07) is 4.46. The first-order chi connectivity index (χ1) is 8.63. The summed E-state index contributed by atoms with van der Waals surface area (Å²) in [5.41, 5.74) is 5.82. The molecule has 94 valence electrons. The predicted molar refractivity (Wildman–Crippen MR) is 68.0 cm³/mol. The summed E-state index contributed by atoms with van der Waals surface area (Å²) in [5.74, 6) is 0.252. The van der Waals surface area contributed by atoms with Gasteiger partial charge in [-0.25, -0.2) is 9.37 Å². The molecule has 1 heterocycles. The molecule has 0 aliphatic rings. The van der Waals surface area contributed by atoms with Gasteiger partial charge in [0.1, 0.15) is 11.6 Å². The molecule has 7 heteroatoms. The summed E-state index contributed by atoms with van der Waals surface area (Å²) >= 11 is 1.32. The number of nitrogen functional groups attached to an aromatic ring is 1. The number of methoxy groups -OCH3 is 1. The molecule has 2 N–H and O–H groups in total. The molecule has 0 atom stereocenters. The molecule has 2 rings (SSSR count). The minimum atomic E-state index is -0.466. The minimum Gasteiger partial charge on any atom is -0.497 e. The Kier molecular flexibility index (Phi) is 3.61. The normalized spacial score (nSPS) is 10.4. The number of thioether (sulfide) groups is 1. The van der Waals surface area contributed by atoms with Crippen LogP contribution >= 0.6 is 11.8 Å². The Labute approximate surface area is 108 Å². The zero-order chi connectivity index (χ0) is 13.1. The molecule has 18 heavy (non-hydrogen) atoms. The van der Waals surface area contributed by atoms with E-state index in [1.54, 1.807) is 12.1 Å². The van der Waals surface area contributed by atoms with Crippen molar-refractivity contribution in [3.8, 4) is 17.1 Å². The fraction of sp³-hybridized carbons (Fsp3) is 0.182. The summed E-state index contributed by atoms with van der Waals surface area (Å²) in [4.78, 5) is 12.0. The highest BCUT2D eigenvalue weighted by Crippen LogP contribution is 2.25. The maximum Gasteiger partial charge on any atom is 0.224 e. The number of benzene rings is 1. The summed E-state index contributed by atoms with van der Waals surface area (Å²) < 4.78 is 18.8. The fourth-order valence-corrected chi connectivity index (χ4v) is 1.75. The lowest BCUT2D eigenvalue weighted by atomic mass is 10.2. The van der Waals surface area contributed by atoms with Crippen LogP contribution in [0.15, 0.2) is 23.4 Å². The van der Waals surface area contributed by atoms with Gasteiger partial charge in [0.05, 0.1) is 12.7 Å². The minimum absolute atomic E-state index is 0.0690. The Morgan fingerprint density at radius 3 is 2.67 bits per heavy atom. The predicted octanol–water partition coefficient (Wildman–Crippen LogP) is 1.99. The van der Waals surface area contributed by atoms with Crippen LogP contribution in [0.1, 0.15) is 0 Å². The van der Waals surface area contributed by atoms with Crippen molar-refractivity contribution in [1.29, 1.82) is 0 Å². The lowest BCUT2D eigenvalue weighted by Gasteiger charge is -2.06. The zero-order valence-electron chi connectivity index (χ0n) is 9.85. The van der Waals surface area contributed by atoms with Crippen LogP contribution in [-0.4, -0.2) is 28.3 Å². The molecule has 0 amide bonds. The molecule has 0 saturated heterocycles. The van der Waals surface area contributed by atoms with Crippen molar-refractivity contribution >= 4 is 17.7 Å². The second-order valence-electron chi connectivity index (χ2n) is 3.35. The van der Waals surface area contributed by atoms with E-state index >= 15 is 0 Å². The van der Waals surface area contributed by atoms with Crippen LogP contribution < -0.4 is 10.5 Å². The Balaban J connectivity index is 2.51. The van der Waals surface area contributed by atoms with E-state index < -0.39 is 5.82 Å². The van der Waals surface area contributed by atoms with E-state index in [0.717, 1.165) is 0 Å². The molecule has 0 unspecified atom stereocenters. The largest absolute Gasteiger partial charge is 0.497 e. The molecular weight excluding hydrogens is 255 g/mol. The number of aromatic nitrogens is 3. The molecular formula is C11H11FN4OS. The van der Waals surface area contributed by atoms with Gasteiger partial charge >= 0.3 is 0 Å². The van der Waals surface area contributed by atoms with Gasteiger partial charge in [-0.2, -0.15) is 9.97 Å². The van der Waals surface area contributed by atoms with E-state index in [0.29, 0.717) is 10.9 Å². The van der Waals surface area contributed by atoms with Crippen LogP contribution in [0.25, 0.3) is 11.4 Å². The number of anilines is 1. The van der Waals surface area contributed by atoms with Gasteiger partial charge in [-0.15, -0.1) is 0 Å². The highest BCUT2D eigenvalue weighted by atomic mass is 32.2.